The average Bonchev–Trinajstić information content (AvgIpc) is 2.84. The van der Waals surface area contributed by atoms with Crippen LogP contribution in [0.4, 0.5) is 5.69 Å². The van der Waals surface area contributed by atoms with E-state index in [-0.39, 0.29) is 17.9 Å². The van der Waals surface area contributed by atoms with Crippen molar-refractivity contribution in [1.82, 2.24) is 5.32 Å². The van der Waals surface area contributed by atoms with Gasteiger partial charge < -0.3 is 10.6 Å². The highest BCUT2D eigenvalue weighted by Gasteiger charge is 2.13. The quantitative estimate of drug-likeness (QED) is 0.861. The molecule has 0 spiro atoms. The van der Waals surface area contributed by atoms with Gasteiger partial charge in [-0.2, -0.15) is 0 Å². The van der Waals surface area contributed by atoms with Crippen LogP contribution in [0, 0.1) is 0 Å². The second-order valence-electron chi connectivity index (χ2n) is 4.76. The monoisotopic (exact) mass is 366 g/mol. The standard InChI is InChI=1S/C15H15BrN2O2S/c1-9(2)17-14(19)10-4-3-5-11(8-10)18-15(20)13-12(16)6-7-21-13/h3-9H,1-2H3,(H,17,19)(H,18,20). The van der Waals surface area contributed by atoms with Gasteiger partial charge in [-0.05, 0) is 59.4 Å². The third-order valence-corrected chi connectivity index (χ3v) is 4.46. The maximum absolute atomic E-state index is 12.1. The maximum Gasteiger partial charge on any atom is 0.266 e. The molecule has 0 bridgehead atoms. The van der Waals surface area contributed by atoms with E-state index in [2.05, 4.69) is 26.6 Å². The number of halogens is 1. The van der Waals surface area contributed by atoms with E-state index in [1.165, 1.54) is 11.3 Å². The molecule has 1 aromatic carbocycles. The summed E-state index contributed by atoms with van der Waals surface area (Å²) in [5, 5.41) is 7.45. The predicted octanol–water partition coefficient (Wildman–Crippen LogP) is 3.90. The largest absolute Gasteiger partial charge is 0.350 e. The number of hydrogen-bond acceptors (Lipinski definition) is 3. The number of thiophene rings is 1. The molecule has 2 rings (SSSR count). The van der Waals surface area contributed by atoms with Crippen LogP contribution in [0.2, 0.25) is 0 Å². The van der Waals surface area contributed by atoms with Gasteiger partial charge in [0, 0.05) is 21.8 Å². The molecule has 0 unspecified atom stereocenters. The summed E-state index contributed by atoms with van der Waals surface area (Å²) < 4.78 is 0.763. The predicted molar refractivity (Wildman–Crippen MR) is 89.0 cm³/mol. The normalized spacial score (nSPS) is 10.5. The van der Waals surface area contributed by atoms with Crippen LogP contribution in [-0.4, -0.2) is 17.9 Å². The number of nitrogens with one attached hydrogen (secondary N) is 2. The molecular formula is C15H15BrN2O2S. The SMILES string of the molecule is CC(C)NC(=O)c1cccc(NC(=O)c2sccc2Br)c1. The number of hydrogen-bond donors (Lipinski definition) is 2. The second-order valence-corrected chi connectivity index (χ2v) is 6.53. The van der Waals surface area contributed by atoms with Crippen molar-refractivity contribution in [1.29, 1.82) is 0 Å². The number of carbonyl (C=O) groups is 2. The van der Waals surface area contributed by atoms with Gasteiger partial charge >= 0.3 is 0 Å². The first-order valence-electron chi connectivity index (χ1n) is 6.42. The summed E-state index contributed by atoms with van der Waals surface area (Å²) in [6, 6.07) is 8.77. The lowest BCUT2D eigenvalue weighted by atomic mass is 10.1. The smallest absolute Gasteiger partial charge is 0.266 e. The highest BCUT2D eigenvalue weighted by Crippen LogP contribution is 2.24. The molecule has 1 aromatic heterocycles. The summed E-state index contributed by atoms with van der Waals surface area (Å²) in [6.45, 7) is 3.80. The number of benzene rings is 1. The summed E-state index contributed by atoms with van der Waals surface area (Å²) in [7, 11) is 0. The van der Waals surface area contributed by atoms with Gasteiger partial charge in [0.1, 0.15) is 4.88 Å². The summed E-state index contributed by atoms with van der Waals surface area (Å²) >= 11 is 4.69. The Bertz CT molecular complexity index is 667. The molecule has 0 radical (unpaired) electrons. The van der Waals surface area contributed by atoms with Gasteiger partial charge in [-0.1, -0.05) is 6.07 Å². The van der Waals surface area contributed by atoms with Crippen molar-refractivity contribution in [3.8, 4) is 0 Å². The van der Waals surface area contributed by atoms with E-state index in [9.17, 15) is 9.59 Å². The van der Waals surface area contributed by atoms with Crippen LogP contribution in [-0.2, 0) is 0 Å². The van der Waals surface area contributed by atoms with Crippen LogP contribution in [0.15, 0.2) is 40.2 Å². The van der Waals surface area contributed by atoms with E-state index in [1.807, 2.05) is 25.3 Å². The fraction of sp³-hybridized carbons (Fsp3) is 0.200. The van der Waals surface area contributed by atoms with Gasteiger partial charge in [-0.15, -0.1) is 11.3 Å². The lowest BCUT2D eigenvalue weighted by molar-refractivity contribution is 0.0942. The lowest BCUT2D eigenvalue weighted by Gasteiger charge is -2.10. The van der Waals surface area contributed by atoms with Crippen molar-refractivity contribution in [3.05, 3.63) is 50.6 Å². The summed E-state index contributed by atoms with van der Waals surface area (Å²) in [4.78, 5) is 24.7. The van der Waals surface area contributed by atoms with E-state index in [4.69, 9.17) is 0 Å². The molecular weight excluding hydrogens is 352 g/mol. The molecule has 0 saturated carbocycles. The van der Waals surface area contributed by atoms with Crippen molar-refractivity contribution in [2.75, 3.05) is 5.32 Å². The van der Waals surface area contributed by atoms with Crippen LogP contribution in [0.3, 0.4) is 0 Å². The summed E-state index contributed by atoms with van der Waals surface area (Å²) in [5.41, 5.74) is 1.11. The minimum Gasteiger partial charge on any atom is -0.350 e. The van der Waals surface area contributed by atoms with Crippen molar-refractivity contribution in [3.63, 3.8) is 0 Å². The van der Waals surface area contributed by atoms with Gasteiger partial charge in [-0.25, -0.2) is 0 Å². The fourth-order valence-corrected chi connectivity index (χ4v) is 3.17. The van der Waals surface area contributed by atoms with Crippen molar-refractivity contribution in [2.24, 2.45) is 0 Å². The molecule has 0 atom stereocenters. The third-order valence-electron chi connectivity index (χ3n) is 2.63. The molecule has 110 valence electrons. The van der Waals surface area contributed by atoms with Crippen LogP contribution in [0.5, 0.6) is 0 Å². The Morgan fingerprint density at radius 2 is 1.95 bits per heavy atom. The zero-order chi connectivity index (χ0) is 15.4. The van der Waals surface area contributed by atoms with E-state index in [0.717, 1.165) is 4.47 Å². The van der Waals surface area contributed by atoms with Crippen molar-refractivity contribution in [2.45, 2.75) is 19.9 Å². The fourth-order valence-electron chi connectivity index (χ4n) is 1.73. The molecule has 6 heteroatoms. The summed E-state index contributed by atoms with van der Waals surface area (Å²) in [6.07, 6.45) is 0. The minimum absolute atomic E-state index is 0.0674. The van der Waals surface area contributed by atoms with E-state index < -0.39 is 0 Å². The maximum atomic E-state index is 12.1. The van der Waals surface area contributed by atoms with Gasteiger partial charge in [0.2, 0.25) is 0 Å². The number of amides is 2. The highest BCUT2D eigenvalue weighted by atomic mass is 79.9. The van der Waals surface area contributed by atoms with Gasteiger partial charge in [-0.3, -0.25) is 9.59 Å². The van der Waals surface area contributed by atoms with Crippen LogP contribution >= 0.6 is 27.3 Å². The molecule has 2 N–H and O–H groups in total. The van der Waals surface area contributed by atoms with E-state index in [0.29, 0.717) is 16.1 Å². The molecule has 0 aliphatic carbocycles. The average molecular weight is 367 g/mol. The Morgan fingerprint density at radius 3 is 2.57 bits per heavy atom. The van der Waals surface area contributed by atoms with E-state index in [1.54, 1.807) is 24.3 Å². The van der Waals surface area contributed by atoms with E-state index >= 15 is 0 Å². The van der Waals surface area contributed by atoms with Gasteiger partial charge in [0.25, 0.3) is 11.8 Å². The Labute approximate surface area is 135 Å². The first-order valence-corrected chi connectivity index (χ1v) is 8.10. The van der Waals surface area contributed by atoms with Crippen LogP contribution in [0.25, 0.3) is 0 Å². The van der Waals surface area contributed by atoms with Crippen LogP contribution in [0.1, 0.15) is 33.9 Å². The molecule has 4 nitrogen and oxygen atoms in total. The molecule has 0 fully saturated rings. The molecule has 0 aliphatic rings. The zero-order valence-electron chi connectivity index (χ0n) is 11.6. The molecule has 0 saturated heterocycles. The number of carbonyl (C=O) groups excluding carboxylic acids is 2. The first kappa shape index (κ1) is 15.7. The Hall–Kier alpha value is -1.66. The topological polar surface area (TPSA) is 58.2 Å². The molecule has 1 heterocycles. The molecule has 2 amide bonds. The third kappa shape index (κ3) is 4.15. The Balaban J connectivity index is 2.13. The second kappa shape index (κ2) is 6.87. The first-order chi connectivity index (χ1) is 9.97. The summed E-state index contributed by atoms with van der Waals surface area (Å²) in [5.74, 6) is -0.350. The number of rotatable bonds is 4. The van der Waals surface area contributed by atoms with Crippen LogP contribution < -0.4 is 10.6 Å². The lowest BCUT2D eigenvalue weighted by Crippen LogP contribution is -2.30. The Morgan fingerprint density at radius 1 is 1.19 bits per heavy atom. The number of anilines is 1. The van der Waals surface area contributed by atoms with Gasteiger partial charge in [0.05, 0.1) is 0 Å². The molecule has 0 aliphatic heterocycles. The van der Waals surface area contributed by atoms with Gasteiger partial charge in [0.15, 0.2) is 0 Å². The van der Waals surface area contributed by atoms with Crippen molar-refractivity contribution < 1.29 is 9.59 Å². The Kier molecular flexibility index (Phi) is 5.14. The molecule has 21 heavy (non-hydrogen) atoms. The minimum atomic E-state index is -0.196. The van der Waals surface area contributed by atoms with Crippen molar-refractivity contribution >= 4 is 44.8 Å². The zero-order valence-corrected chi connectivity index (χ0v) is 14.0. The highest BCUT2D eigenvalue weighted by molar-refractivity contribution is 9.10. The molecule has 2 aromatic rings.